The third-order valence-corrected chi connectivity index (χ3v) is 5.41. The molecule has 136 valence electrons. The van der Waals surface area contributed by atoms with Crippen molar-refractivity contribution in [2.24, 2.45) is 0 Å². The lowest BCUT2D eigenvalue weighted by atomic mass is 10.2. The Morgan fingerprint density at radius 3 is 2.36 bits per heavy atom. The van der Waals surface area contributed by atoms with E-state index < -0.39 is 32.8 Å². The van der Waals surface area contributed by atoms with Gasteiger partial charge in [-0.1, -0.05) is 22.0 Å². The molecule has 0 atom stereocenters. The molecule has 0 aliphatic heterocycles. The molecule has 1 N–H and O–H groups in total. The topological polar surface area (TPSA) is 55.4 Å². The maximum atomic E-state index is 13.2. The van der Waals surface area contributed by atoms with Gasteiger partial charge < -0.3 is 4.74 Å². The number of nitrogens with one attached hydrogen (secondary N) is 1. The fourth-order valence-corrected chi connectivity index (χ4v) is 3.71. The average Bonchev–Trinajstić information content (AvgIpc) is 2.46. The zero-order valence-corrected chi connectivity index (χ0v) is 16.1. The largest absolute Gasteiger partial charge is 0.573 e. The normalized spacial score (nSPS) is 12.2. The van der Waals surface area contributed by atoms with Crippen LogP contribution in [0.4, 0.5) is 17.6 Å². The van der Waals surface area contributed by atoms with Gasteiger partial charge in [0.05, 0.1) is 4.47 Å². The van der Waals surface area contributed by atoms with Crippen molar-refractivity contribution in [1.29, 1.82) is 0 Å². The van der Waals surface area contributed by atoms with E-state index in [1.807, 2.05) is 0 Å². The lowest BCUT2D eigenvalue weighted by Crippen LogP contribution is -2.25. The van der Waals surface area contributed by atoms with Crippen molar-refractivity contribution in [2.75, 3.05) is 0 Å². The first-order chi connectivity index (χ1) is 11.5. The molecule has 2 aromatic carbocycles. The first kappa shape index (κ1) is 20.1. The van der Waals surface area contributed by atoms with Crippen LogP contribution in [0.3, 0.4) is 0 Å². The minimum atomic E-state index is -5.05. The zero-order valence-electron chi connectivity index (χ0n) is 12.1. The Hall–Kier alpha value is -1.17. The van der Waals surface area contributed by atoms with E-state index in [4.69, 9.17) is 0 Å². The highest BCUT2D eigenvalue weighted by atomic mass is 79.9. The van der Waals surface area contributed by atoms with E-state index in [-0.39, 0.29) is 15.5 Å². The predicted octanol–water partition coefficient (Wildman–Crippen LogP) is 4.73. The molecule has 0 aliphatic rings. The van der Waals surface area contributed by atoms with Crippen molar-refractivity contribution in [3.05, 3.63) is 56.7 Å². The second-order valence-corrected chi connectivity index (χ2v) is 8.22. The zero-order chi connectivity index (χ0) is 18.8. The highest BCUT2D eigenvalue weighted by Crippen LogP contribution is 2.32. The van der Waals surface area contributed by atoms with Gasteiger partial charge >= 0.3 is 6.36 Å². The van der Waals surface area contributed by atoms with Gasteiger partial charge in [-0.15, -0.1) is 13.2 Å². The molecule has 2 aromatic rings. The number of halogens is 6. The molecule has 0 heterocycles. The first-order valence-electron chi connectivity index (χ1n) is 6.47. The molecule has 0 aliphatic carbocycles. The summed E-state index contributed by atoms with van der Waals surface area (Å²) in [4.78, 5) is -0.672. The van der Waals surface area contributed by atoms with Gasteiger partial charge in [0.15, 0.2) is 5.75 Å². The van der Waals surface area contributed by atoms with Crippen molar-refractivity contribution in [2.45, 2.75) is 17.8 Å². The Balaban J connectivity index is 2.28. The molecule has 0 saturated heterocycles. The van der Waals surface area contributed by atoms with Crippen molar-refractivity contribution in [3.8, 4) is 5.75 Å². The highest BCUT2D eigenvalue weighted by molar-refractivity contribution is 9.10. The molecular weight excluding hydrogens is 498 g/mol. The van der Waals surface area contributed by atoms with Gasteiger partial charge in [0.2, 0.25) is 10.0 Å². The molecule has 0 amide bonds. The maximum Gasteiger partial charge on any atom is 0.573 e. The minimum absolute atomic E-state index is 0.133. The van der Waals surface area contributed by atoms with Crippen LogP contribution in [0, 0.1) is 5.82 Å². The Kier molecular flexibility index (Phi) is 6.13. The molecule has 0 saturated carbocycles. The summed E-state index contributed by atoms with van der Waals surface area (Å²) in [5.74, 6) is -1.39. The molecule has 4 nitrogen and oxygen atoms in total. The summed E-state index contributed by atoms with van der Waals surface area (Å²) in [6, 6.07) is 6.98. The van der Waals surface area contributed by atoms with Crippen LogP contribution in [0.1, 0.15) is 5.56 Å². The summed E-state index contributed by atoms with van der Waals surface area (Å²) in [6.45, 7) is -0.247. The Bertz CT molecular complexity index is 888. The number of hydrogen-bond acceptors (Lipinski definition) is 3. The summed E-state index contributed by atoms with van der Waals surface area (Å²) in [5.41, 5.74) is 0.409. The molecule has 0 bridgehead atoms. The van der Waals surface area contributed by atoms with E-state index >= 15 is 0 Å². The number of hydrogen-bond donors (Lipinski definition) is 1. The maximum absolute atomic E-state index is 13.2. The molecule has 0 spiro atoms. The van der Waals surface area contributed by atoms with E-state index in [0.717, 1.165) is 18.2 Å². The van der Waals surface area contributed by atoms with Crippen LogP contribution in [-0.4, -0.2) is 14.8 Å². The monoisotopic (exact) mass is 505 g/mol. The van der Waals surface area contributed by atoms with E-state index in [9.17, 15) is 26.0 Å². The van der Waals surface area contributed by atoms with Crippen LogP contribution in [0.2, 0.25) is 0 Å². The van der Waals surface area contributed by atoms with Crippen LogP contribution in [-0.2, 0) is 16.6 Å². The summed E-state index contributed by atoms with van der Waals surface area (Å²) < 4.78 is 81.5. The molecule has 2 rings (SSSR count). The second kappa shape index (κ2) is 7.60. The lowest BCUT2D eigenvalue weighted by Gasteiger charge is -2.14. The van der Waals surface area contributed by atoms with Gasteiger partial charge in [-0.05, 0) is 51.8 Å². The standard InChI is InChI=1S/C14H9Br2F4NO3S/c15-9-2-4-13(12(6-9)24-14(18,19)20)25(22,23)21-7-8-1-3-11(17)10(16)5-8/h1-6,21H,7H2. The van der Waals surface area contributed by atoms with Crippen LogP contribution in [0.25, 0.3) is 0 Å². The molecule has 0 unspecified atom stereocenters. The fraction of sp³-hybridized carbons (Fsp3) is 0.143. The first-order valence-corrected chi connectivity index (χ1v) is 9.54. The van der Waals surface area contributed by atoms with Gasteiger partial charge in [-0.25, -0.2) is 17.5 Å². The van der Waals surface area contributed by atoms with Crippen molar-refractivity contribution < 1.29 is 30.7 Å². The van der Waals surface area contributed by atoms with E-state index in [1.165, 1.54) is 18.2 Å². The van der Waals surface area contributed by atoms with Crippen LogP contribution in [0.15, 0.2) is 50.2 Å². The van der Waals surface area contributed by atoms with E-state index in [0.29, 0.717) is 5.56 Å². The second-order valence-electron chi connectivity index (χ2n) is 4.71. The van der Waals surface area contributed by atoms with Crippen LogP contribution < -0.4 is 9.46 Å². The molecular formula is C14H9Br2F4NO3S. The number of benzene rings is 2. The van der Waals surface area contributed by atoms with Gasteiger partial charge in [0, 0.05) is 11.0 Å². The SMILES string of the molecule is O=S(=O)(NCc1ccc(F)c(Br)c1)c1ccc(Br)cc1OC(F)(F)F. The summed E-state index contributed by atoms with van der Waals surface area (Å²) in [6.07, 6.45) is -5.05. The average molecular weight is 507 g/mol. The van der Waals surface area contributed by atoms with Crippen molar-refractivity contribution >= 4 is 41.9 Å². The summed E-state index contributed by atoms with van der Waals surface area (Å²) in [7, 11) is -4.31. The minimum Gasteiger partial charge on any atom is -0.404 e. The Labute approximate surface area is 157 Å². The molecule has 0 radical (unpaired) electrons. The van der Waals surface area contributed by atoms with Gasteiger partial charge in [-0.3, -0.25) is 0 Å². The summed E-state index contributed by atoms with van der Waals surface area (Å²) >= 11 is 5.92. The Morgan fingerprint density at radius 2 is 1.76 bits per heavy atom. The van der Waals surface area contributed by atoms with Gasteiger partial charge in [-0.2, -0.15) is 0 Å². The van der Waals surface area contributed by atoms with Crippen molar-refractivity contribution in [3.63, 3.8) is 0 Å². The van der Waals surface area contributed by atoms with Gasteiger partial charge in [0.25, 0.3) is 0 Å². The number of alkyl halides is 3. The van der Waals surface area contributed by atoms with Gasteiger partial charge in [0.1, 0.15) is 10.7 Å². The Morgan fingerprint density at radius 1 is 1.08 bits per heavy atom. The molecule has 25 heavy (non-hydrogen) atoms. The fourth-order valence-electron chi connectivity index (χ4n) is 1.81. The third kappa shape index (κ3) is 5.66. The third-order valence-electron chi connectivity index (χ3n) is 2.87. The van der Waals surface area contributed by atoms with Crippen LogP contribution in [0.5, 0.6) is 5.75 Å². The molecule has 0 fully saturated rings. The quantitative estimate of drug-likeness (QED) is 0.596. The number of rotatable bonds is 5. The predicted molar refractivity (Wildman–Crippen MR) is 89.0 cm³/mol. The number of sulfonamides is 1. The van der Waals surface area contributed by atoms with E-state index in [2.05, 4.69) is 41.3 Å². The number of ether oxygens (including phenoxy) is 1. The van der Waals surface area contributed by atoms with E-state index in [1.54, 1.807) is 0 Å². The molecule has 11 heteroatoms. The van der Waals surface area contributed by atoms with Crippen molar-refractivity contribution in [1.82, 2.24) is 4.72 Å². The lowest BCUT2D eigenvalue weighted by molar-refractivity contribution is -0.275. The highest BCUT2D eigenvalue weighted by Gasteiger charge is 2.34. The molecule has 0 aromatic heterocycles. The smallest absolute Gasteiger partial charge is 0.404 e. The van der Waals surface area contributed by atoms with Crippen LogP contribution >= 0.6 is 31.9 Å². The summed E-state index contributed by atoms with van der Waals surface area (Å²) in [5, 5.41) is 0.